The molecule has 160 valence electrons. The lowest BCUT2D eigenvalue weighted by molar-refractivity contribution is -0.127. The van der Waals surface area contributed by atoms with E-state index in [4.69, 9.17) is 0 Å². The summed E-state index contributed by atoms with van der Waals surface area (Å²) in [6.07, 6.45) is 0.910. The molecule has 0 unspecified atom stereocenters. The van der Waals surface area contributed by atoms with Gasteiger partial charge in [-0.15, -0.1) is 24.0 Å². The second-order valence-electron chi connectivity index (χ2n) is 7.47. The van der Waals surface area contributed by atoms with Crippen LogP contribution >= 0.6 is 24.0 Å². The Bertz CT molecular complexity index is 567. The molecule has 0 aromatic heterocycles. The molecular formula is C21H38IN5O. The molecule has 0 spiro atoms. The molecule has 0 saturated carbocycles. The Morgan fingerprint density at radius 3 is 2.11 bits per heavy atom. The highest BCUT2D eigenvalue weighted by atomic mass is 127. The predicted molar refractivity (Wildman–Crippen MR) is 130 cm³/mol. The molecule has 0 saturated heterocycles. The van der Waals surface area contributed by atoms with Crippen molar-refractivity contribution in [2.75, 3.05) is 40.3 Å². The van der Waals surface area contributed by atoms with Gasteiger partial charge in [-0.3, -0.25) is 9.69 Å². The fourth-order valence-corrected chi connectivity index (χ4v) is 2.85. The molecular weight excluding hydrogens is 465 g/mol. The summed E-state index contributed by atoms with van der Waals surface area (Å²) in [5.74, 6) is 0.679. The molecule has 1 aromatic rings. The highest BCUT2D eigenvalue weighted by Crippen LogP contribution is 2.03. The number of aliphatic imine (C=N–C) groups is 1. The predicted octanol–water partition coefficient (Wildman–Crippen LogP) is 2.59. The Labute approximate surface area is 188 Å². The second kappa shape index (κ2) is 14.6. The first-order chi connectivity index (χ1) is 12.8. The molecule has 7 heteroatoms. The Morgan fingerprint density at radius 1 is 1.00 bits per heavy atom. The molecule has 6 nitrogen and oxygen atoms in total. The highest BCUT2D eigenvalue weighted by Gasteiger charge is 2.13. The lowest BCUT2D eigenvalue weighted by atomic mass is 10.1. The van der Waals surface area contributed by atoms with E-state index in [1.165, 1.54) is 5.56 Å². The number of rotatable bonds is 10. The summed E-state index contributed by atoms with van der Waals surface area (Å²) in [5.41, 5.74) is 1.28. The lowest BCUT2D eigenvalue weighted by Gasteiger charge is -2.30. The number of nitrogens with zero attached hydrogens (tertiary/aromatic N) is 3. The molecule has 1 amide bonds. The van der Waals surface area contributed by atoms with Gasteiger partial charge in [-0.25, -0.2) is 4.99 Å². The molecule has 28 heavy (non-hydrogen) atoms. The van der Waals surface area contributed by atoms with E-state index in [1.54, 1.807) is 19.0 Å². The van der Waals surface area contributed by atoms with Crippen LogP contribution in [0.25, 0.3) is 0 Å². The van der Waals surface area contributed by atoms with Crippen molar-refractivity contribution in [3.05, 3.63) is 35.9 Å². The molecule has 0 aliphatic carbocycles. The monoisotopic (exact) mass is 503 g/mol. The van der Waals surface area contributed by atoms with E-state index < -0.39 is 0 Å². The highest BCUT2D eigenvalue weighted by molar-refractivity contribution is 14.0. The Balaban J connectivity index is 0.00000729. The zero-order valence-electron chi connectivity index (χ0n) is 18.2. The summed E-state index contributed by atoms with van der Waals surface area (Å²) in [6.45, 7) is 11.5. The van der Waals surface area contributed by atoms with E-state index >= 15 is 0 Å². The molecule has 0 bridgehead atoms. The van der Waals surface area contributed by atoms with Crippen LogP contribution in [0.3, 0.4) is 0 Å². The minimum Gasteiger partial charge on any atom is -0.356 e. The third-order valence-corrected chi connectivity index (χ3v) is 4.41. The fraction of sp³-hybridized carbons (Fsp3) is 0.619. The summed E-state index contributed by atoms with van der Waals surface area (Å²) in [5, 5.41) is 6.71. The van der Waals surface area contributed by atoms with Crippen LogP contribution in [0.4, 0.5) is 0 Å². The van der Waals surface area contributed by atoms with Gasteiger partial charge in [0.05, 0.1) is 0 Å². The van der Waals surface area contributed by atoms with Crippen LogP contribution in [0.15, 0.2) is 35.3 Å². The average molecular weight is 503 g/mol. The van der Waals surface area contributed by atoms with E-state index in [9.17, 15) is 4.79 Å². The number of nitrogens with one attached hydrogen (secondary N) is 2. The Kier molecular flexibility index (Phi) is 13.9. The smallest absolute Gasteiger partial charge is 0.243 e. The maximum Gasteiger partial charge on any atom is 0.243 e. The molecule has 1 rings (SSSR count). The minimum absolute atomic E-state index is 0. The topological polar surface area (TPSA) is 60.0 Å². The Hall–Kier alpha value is -1.35. The molecule has 0 radical (unpaired) electrons. The third kappa shape index (κ3) is 10.8. The van der Waals surface area contributed by atoms with Crippen LogP contribution in [0, 0.1) is 0 Å². The first kappa shape index (κ1) is 26.6. The minimum atomic E-state index is -0.00912. The van der Waals surface area contributed by atoms with Crippen LogP contribution in [0.1, 0.15) is 33.3 Å². The number of likely N-dealkylation sites (N-methyl/N-ethyl adjacent to an activating group) is 1. The van der Waals surface area contributed by atoms with Crippen molar-refractivity contribution >= 4 is 35.8 Å². The van der Waals surface area contributed by atoms with Crippen LogP contribution in [0.2, 0.25) is 0 Å². The van der Waals surface area contributed by atoms with Gasteiger partial charge in [0.1, 0.15) is 6.54 Å². The summed E-state index contributed by atoms with van der Waals surface area (Å²) in [4.78, 5) is 20.3. The van der Waals surface area contributed by atoms with Crippen molar-refractivity contribution in [1.29, 1.82) is 0 Å². The molecule has 0 heterocycles. The van der Waals surface area contributed by atoms with Crippen LogP contribution in [-0.4, -0.2) is 74.0 Å². The van der Waals surface area contributed by atoms with Crippen molar-refractivity contribution in [3.63, 3.8) is 0 Å². The first-order valence-corrected chi connectivity index (χ1v) is 9.83. The van der Waals surface area contributed by atoms with Crippen molar-refractivity contribution in [2.45, 2.75) is 46.2 Å². The molecule has 0 aliphatic heterocycles. The fourth-order valence-electron chi connectivity index (χ4n) is 2.85. The van der Waals surface area contributed by atoms with Crippen LogP contribution in [-0.2, 0) is 11.2 Å². The number of hydrogen-bond acceptors (Lipinski definition) is 3. The van der Waals surface area contributed by atoms with Gasteiger partial charge in [0.15, 0.2) is 5.96 Å². The average Bonchev–Trinajstić information content (AvgIpc) is 2.62. The van der Waals surface area contributed by atoms with Crippen LogP contribution in [0.5, 0.6) is 0 Å². The van der Waals surface area contributed by atoms with E-state index in [-0.39, 0.29) is 36.4 Å². The molecule has 1 aromatic carbocycles. The van der Waals surface area contributed by atoms with E-state index in [2.05, 4.69) is 60.4 Å². The SMILES string of the molecule is CC(C)N(CCNC(=NCC(=O)N(C)C)NCCc1ccccc1)C(C)C.I. The van der Waals surface area contributed by atoms with E-state index in [0.717, 1.165) is 26.1 Å². The number of amides is 1. The van der Waals surface area contributed by atoms with Gasteiger partial charge >= 0.3 is 0 Å². The van der Waals surface area contributed by atoms with Crippen molar-refractivity contribution < 1.29 is 4.79 Å². The maximum atomic E-state index is 11.9. The summed E-state index contributed by atoms with van der Waals surface area (Å²) in [6, 6.07) is 11.3. The number of guanidine groups is 1. The largest absolute Gasteiger partial charge is 0.356 e. The molecule has 0 fully saturated rings. The van der Waals surface area contributed by atoms with Gasteiger partial charge < -0.3 is 15.5 Å². The van der Waals surface area contributed by atoms with Gasteiger partial charge in [0.2, 0.25) is 5.91 Å². The lowest BCUT2D eigenvalue weighted by Crippen LogP contribution is -2.46. The quantitative estimate of drug-likeness (QED) is 0.293. The Morgan fingerprint density at radius 2 is 1.57 bits per heavy atom. The zero-order valence-corrected chi connectivity index (χ0v) is 20.6. The van der Waals surface area contributed by atoms with Gasteiger partial charge in [0.25, 0.3) is 0 Å². The first-order valence-electron chi connectivity index (χ1n) is 9.83. The zero-order chi connectivity index (χ0) is 20.2. The summed E-state index contributed by atoms with van der Waals surface area (Å²) >= 11 is 0. The molecule has 0 atom stereocenters. The number of hydrogen-bond donors (Lipinski definition) is 2. The van der Waals surface area contributed by atoms with Crippen molar-refractivity contribution in [1.82, 2.24) is 20.4 Å². The van der Waals surface area contributed by atoms with E-state index in [0.29, 0.717) is 18.0 Å². The normalized spacial score (nSPS) is 11.5. The van der Waals surface area contributed by atoms with Crippen molar-refractivity contribution in [2.24, 2.45) is 4.99 Å². The number of benzene rings is 1. The standard InChI is InChI=1S/C21H37N5O.HI/c1-17(2)26(18(3)4)15-14-23-21(24-16-20(27)25(5)6)22-13-12-19-10-8-7-9-11-19;/h7-11,17-18H,12-16H2,1-6H3,(H2,22,23,24);1H. The van der Waals surface area contributed by atoms with E-state index in [1.807, 2.05) is 18.2 Å². The van der Waals surface area contributed by atoms with Gasteiger partial charge in [-0.2, -0.15) is 0 Å². The maximum absolute atomic E-state index is 11.9. The summed E-state index contributed by atoms with van der Waals surface area (Å²) in [7, 11) is 3.49. The number of halogens is 1. The van der Waals surface area contributed by atoms with Gasteiger partial charge in [0, 0.05) is 45.8 Å². The third-order valence-electron chi connectivity index (χ3n) is 4.41. The van der Waals surface area contributed by atoms with Crippen molar-refractivity contribution in [3.8, 4) is 0 Å². The molecule has 0 aliphatic rings. The number of carbonyl (C=O) groups excluding carboxylic acids is 1. The van der Waals surface area contributed by atoms with Gasteiger partial charge in [-0.05, 0) is 39.7 Å². The summed E-state index contributed by atoms with van der Waals surface area (Å²) < 4.78 is 0. The second-order valence-corrected chi connectivity index (χ2v) is 7.47. The van der Waals surface area contributed by atoms with Gasteiger partial charge in [-0.1, -0.05) is 30.3 Å². The number of carbonyl (C=O) groups is 1. The van der Waals surface area contributed by atoms with Crippen LogP contribution < -0.4 is 10.6 Å². The molecule has 2 N–H and O–H groups in total.